The summed E-state index contributed by atoms with van der Waals surface area (Å²) in [6.45, 7) is 13.3. The zero-order valence-corrected chi connectivity index (χ0v) is 30.2. The van der Waals surface area contributed by atoms with Gasteiger partial charge in [0.1, 0.15) is 0 Å². The molecular formula is C38H48Cl2Zr-4. The van der Waals surface area contributed by atoms with Crippen molar-refractivity contribution in [3.05, 3.63) is 125 Å². The molecule has 0 aromatic heterocycles. The van der Waals surface area contributed by atoms with Crippen LogP contribution >= 0.6 is 24.8 Å². The maximum Gasteiger partial charge on any atom is -0.171 e. The monoisotopic (exact) mass is 664 g/mol. The summed E-state index contributed by atoms with van der Waals surface area (Å²) in [6.07, 6.45) is 16.1. The quantitative estimate of drug-likeness (QED) is 0.177. The van der Waals surface area contributed by atoms with Crippen LogP contribution < -0.4 is 0 Å². The smallest absolute Gasteiger partial charge is 0.171 e. The summed E-state index contributed by atoms with van der Waals surface area (Å²) in [6, 6.07) is 23.0. The largest absolute Gasteiger partial charge is 0.358 e. The number of benzene rings is 3. The maximum atomic E-state index is 3.54. The van der Waals surface area contributed by atoms with Crippen LogP contribution in [0.25, 0.3) is 11.1 Å². The number of aryl methyl sites for hydroxylation is 4. The molecule has 3 aliphatic carbocycles. The fraction of sp³-hybridized carbons (Fsp3) is 0.368. The molecule has 1 unspecified atom stereocenters. The molecule has 3 aromatic rings. The van der Waals surface area contributed by atoms with Gasteiger partial charge in [0.05, 0.1) is 0 Å². The van der Waals surface area contributed by atoms with E-state index < -0.39 is 0 Å². The number of hydrogen-bond acceptors (Lipinski definition) is 0. The van der Waals surface area contributed by atoms with E-state index in [0.717, 1.165) is 6.42 Å². The Labute approximate surface area is 279 Å². The first kappa shape index (κ1) is 39.5. The van der Waals surface area contributed by atoms with Crippen LogP contribution in [0.5, 0.6) is 0 Å². The van der Waals surface area contributed by atoms with E-state index in [1.54, 1.807) is 5.57 Å². The summed E-state index contributed by atoms with van der Waals surface area (Å²) in [5.74, 6) is 0.550. The van der Waals surface area contributed by atoms with E-state index in [1.165, 1.54) is 101 Å². The summed E-state index contributed by atoms with van der Waals surface area (Å²) < 4.78 is 3.34. The molecule has 3 heteroatoms. The average Bonchev–Trinajstić information content (AvgIpc) is 3.52. The Hall–Kier alpha value is -1.53. The second-order valence-electron chi connectivity index (χ2n) is 11.2. The van der Waals surface area contributed by atoms with Gasteiger partial charge in [-0.1, -0.05) is 88.8 Å². The molecule has 41 heavy (non-hydrogen) atoms. The second kappa shape index (κ2) is 18.9. The van der Waals surface area contributed by atoms with Crippen molar-refractivity contribution in [2.75, 3.05) is 0 Å². The molecule has 0 saturated heterocycles. The van der Waals surface area contributed by atoms with Crippen molar-refractivity contribution >= 4 is 29.0 Å². The van der Waals surface area contributed by atoms with Crippen LogP contribution in [-0.4, -0.2) is 4.21 Å². The number of rotatable bonds is 1. The fourth-order valence-electron chi connectivity index (χ4n) is 5.57. The third-order valence-corrected chi connectivity index (χ3v) is 8.19. The SMILES string of the molecule is CC1[C-]=CC(C2(C)CCCCC2)=C1.Cc1[c-]c2c(cc1C)-c1cc(C)c(C)cc1C2.Cl.Cl.[CH2]=[Zr].[CH3-].[c-]1ccccc1. The van der Waals surface area contributed by atoms with Gasteiger partial charge in [-0.05, 0) is 37.0 Å². The van der Waals surface area contributed by atoms with E-state index in [1.807, 2.05) is 30.3 Å². The van der Waals surface area contributed by atoms with Crippen LogP contribution in [0.15, 0.2) is 66.3 Å². The predicted octanol–water partition coefficient (Wildman–Crippen LogP) is 10.9. The van der Waals surface area contributed by atoms with Crippen molar-refractivity contribution in [2.45, 2.75) is 80.1 Å². The van der Waals surface area contributed by atoms with Crippen LogP contribution in [0.3, 0.4) is 0 Å². The molecule has 0 nitrogen and oxygen atoms in total. The van der Waals surface area contributed by atoms with Crippen LogP contribution in [0.4, 0.5) is 0 Å². The first-order chi connectivity index (χ1) is 18.3. The Balaban J connectivity index is 0.000000595. The van der Waals surface area contributed by atoms with Gasteiger partial charge in [-0.15, -0.1) is 35.9 Å². The van der Waals surface area contributed by atoms with Crippen molar-refractivity contribution in [1.29, 1.82) is 0 Å². The summed E-state index contributed by atoms with van der Waals surface area (Å²) >= 11 is 1.30. The molecule has 0 aliphatic heterocycles. The number of allylic oxidation sites excluding steroid dienone is 4. The average molecular weight is 667 g/mol. The number of hydrogen-bond donors (Lipinski definition) is 0. The minimum absolute atomic E-state index is 0. The van der Waals surface area contributed by atoms with Gasteiger partial charge in [0.15, 0.2) is 0 Å². The van der Waals surface area contributed by atoms with Gasteiger partial charge in [-0.3, -0.25) is 6.08 Å². The number of halogens is 2. The van der Waals surface area contributed by atoms with E-state index >= 15 is 0 Å². The van der Waals surface area contributed by atoms with Crippen molar-refractivity contribution in [3.8, 4) is 11.1 Å². The van der Waals surface area contributed by atoms with E-state index in [9.17, 15) is 0 Å². The Bertz CT molecular complexity index is 1180. The maximum absolute atomic E-state index is 3.54. The van der Waals surface area contributed by atoms with E-state index in [4.69, 9.17) is 0 Å². The molecule has 0 heterocycles. The van der Waals surface area contributed by atoms with Gasteiger partial charge in [0.25, 0.3) is 0 Å². The molecular weight excluding hydrogens is 619 g/mol. The fourth-order valence-corrected chi connectivity index (χ4v) is 5.57. The Morgan fingerprint density at radius 2 is 1.41 bits per heavy atom. The Morgan fingerprint density at radius 1 is 0.829 bits per heavy atom. The third kappa shape index (κ3) is 10.6. The molecule has 0 amide bonds. The number of fused-ring (bicyclic) bond motifs is 3. The third-order valence-electron chi connectivity index (χ3n) is 8.19. The Morgan fingerprint density at radius 3 is 1.93 bits per heavy atom. The molecule has 3 aliphatic rings. The molecule has 6 rings (SSSR count). The topological polar surface area (TPSA) is 0 Å². The first-order valence-corrected chi connectivity index (χ1v) is 15.7. The zero-order chi connectivity index (χ0) is 27.7. The summed E-state index contributed by atoms with van der Waals surface area (Å²) in [5, 5.41) is 0. The molecule has 1 saturated carbocycles. The summed E-state index contributed by atoms with van der Waals surface area (Å²) in [7, 11) is 0. The van der Waals surface area contributed by atoms with Gasteiger partial charge in [-0.25, -0.2) is 6.08 Å². The van der Waals surface area contributed by atoms with Gasteiger partial charge in [-0.2, -0.15) is 71.3 Å². The van der Waals surface area contributed by atoms with Crippen molar-refractivity contribution in [1.82, 2.24) is 0 Å². The van der Waals surface area contributed by atoms with Crippen molar-refractivity contribution in [3.63, 3.8) is 0 Å². The minimum atomic E-state index is 0. The van der Waals surface area contributed by atoms with Crippen molar-refractivity contribution < 1.29 is 24.2 Å². The van der Waals surface area contributed by atoms with Crippen molar-refractivity contribution in [2.24, 2.45) is 11.3 Å². The molecule has 0 bridgehead atoms. The van der Waals surface area contributed by atoms with Crippen LogP contribution in [0.2, 0.25) is 0 Å². The van der Waals surface area contributed by atoms with Gasteiger partial charge < -0.3 is 7.43 Å². The molecule has 222 valence electrons. The molecule has 0 spiro atoms. The van der Waals surface area contributed by atoms with Gasteiger partial charge in [0, 0.05) is 0 Å². The zero-order valence-electron chi connectivity index (χ0n) is 26.1. The molecule has 0 radical (unpaired) electrons. The van der Waals surface area contributed by atoms with Crippen LogP contribution in [-0.2, 0) is 30.7 Å². The second-order valence-corrected chi connectivity index (χ2v) is 11.2. The van der Waals surface area contributed by atoms with Gasteiger partial charge in [0.2, 0.25) is 0 Å². The summed E-state index contributed by atoms with van der Waals surface area (Å²) in [4.78, 5) is 0. The molecule has 3 aromatic carbocycles. The van der Waals surface area contributed by atoms with Crippen LogP contribution in [0.1, 0.15) is 79.3 Å². The van der Waals surface area contributed by atoms with Crippen LogP contribution in [0, 0.1) is 64.7 Å². The van der Waals surface area contributed by atoms with E-state index in [-0.39, 0.29) is 32.2 Å². The Kier molecular flexibility index (Phi) is 18.2. The van der Waals surface area contributed by atoms with E-state index in [2.05, 4.69) is 94.3 Å². The minimum Gasteiger partial charge on any atom is -0.358 e. The van der Waals surface area contributed by atoms with Gasteiger partial charge >= 0.3 is 28.4 Å². The molecule has 1 atom stereocenters. The predicted molar refractivity (Wildman–Crippen MR) is 182 cm³/mol. The first-order valence-electron chi connectivity index (χ1n) is 14.0. The summed E-state index contributed by atoms with van der Waals surface area (Å²) in [5.41, 5.74) is 13.1. The standard InChI is InChI=1S/C17H17.C13H19.C6H5.CH3.CH2.2ClH.Zr/c1-10-5-14-9-15-6-11(2)13(4)8-17(15)16(14)7-12(10)3;1-11-6-7-12(10-11)13(2)8-4-3-5-9-13;1-2-4-6-5-3-1;;;;;/h5,7-8H,9H2,1-4H3;7,10-11H,3-5,8-9H2,1-2H3;1-5H;1H3;1H2;2*1H;/q4*-1;;;;. The molecule has 1 fully saturated rings. The molecule has 0 N–H and O–H groups in total. The normalized spacial score (nSPS) is 16.5. The van der Waals surface area contributed by atoms with E-state index in [0.29, 0.717) is 11.3 Å².